The van der Waals surface area contributed by atoms with Crippen LogP contribution < -0.4 is 5.56 Å². The molecule has 0 atom stereocenters. The van der Waals surface area contributed by atoms with E-state index in [0.717, 1.165) is 10.4 Å². The number of carbonyl (C=O) groups is 2. The van der Waals surface area contributed by atoms with Crippen molar-refractivity contribution in [1.82, 2.24) is 14.5 Å². The van der Waals surface area contributed by atoms with E-state index in [1.165, 1.54) is 34.2 Å². The van der Waals surface area contributed by atoms with Crippen molar-refractivity contribution in [3.05, 3.63) is 39.6 Å². The van der Waals surface area contributed by atoms with E-state index in [1.54, 1.807) is 25.2 Å². The normalized spacial score (nSPS) is 11.1. The van der Waals surface area contributed by atoms with Crippen LogP contribution in [0, 0.1) is 0 Å². The largest absolute Gasteiger partial charge is 0.468 e. The molecule has 0 saturated heterocycles. The predicted octanol–water partition coefficient (Wildman–Crippen LogP) is 2.60. The van der Waals surface area contributed by atoms with Crippen LogP contribution >= 0.6 is 22.7 Å². The summed E-state index contributed by atoms with van der Waals surface area (Å²) in [6.07, 6.45) is 1.38. The van der Waals surface area contributed by atoms with Crippen LogP contribution in [0.15, 0.2) is 34.0 Å². The van der Waals surface area contributed by atoms with Crippen LogP contribution in [0.25, 0.3) is 20.7 Å². The van der Waals surface area contributed by atoms with Crippen LogP contribution in [-0.4, -0.2) is 46.0 Å². The maximum Gasteiger partial charge on any atom is 0.325 e. The van der Waals surface area contributed by atoms with Crippen molar-refractivity contribution in [2.24, 2.45) is 0 Å². The number of nitrogens with zero attached hydrogens (tertiary/aromatic N) is 3. The first-order valence-corrected chi connectivity index (χ1v) is 10.0. The van der Waals surface area contributed by atoms with Gasteiger partial charge < -0.3 is 9.64 Å². The minimum Gasteiger partial charge on any atom is -0.468 e. The van der Waals surface area contributed by atoms with Crippen LogP contribution in [-0.2, 0) is 20.9 Å². The number of carbonyl (C=O) groups excluding carboxylic acids is 2. The molecule has 0 fully saturated rings. The zero-order chi connectivity index (χ0) is 19.6. The van der Waals surface area contributed by atoms with Crippen molar-refractivity contribution in [2.45, 2.75) is 26.4 Å². The molecule has 3 aromatic rings. The Hall–Kier alpha value is -2.52. The highest BCUT2D eigenvalue weighted by Crippen LogP contribution is 2.33. The number of esters is 1. The van der Waals surface area contributed by atoms with Crippen LogP contribution in [0.4, 0.5) is 0 Å². The molecule has 0 bridgehead atoms. The number of thiophene rings is 2. The maximum atomic E-state index is 13.0. The van der Waals surface area contributed by atoms with Gasteiger partial charge in [0.25, 0.3) is 5.56 Å². The Bertz CT molecular complexity index is 1020. The molecular weight excluding hydrogens is 386 g/mol. The number of hydrogen-bond acceptors (Lipinski definition) is 7. The fourth-order valence-electron chi connectivity index (χ4n) is 2.69. The monoisotopic (exact) mass is 405 g/mol. The van der Waals surface area contributed by atoms with Crippen molar-refractivity contribution in [3.8, 4) is 10.4 Å². The van der Waals surface area contributed by atoms with Gasteiger partial charge in [0.15, 0.2) is 0 Å². The predicted molar refractivity (Wildman–Crippen MR) is 106 cm³/mol. The smallest absolute Gasteiger partial charge is 0.325 e. The summed E-state index contributed by atoms with van der Waals surface area (Å²) >= 11 is 2.95. The van der Waals surface area contributed by atoms with E-state index in [-0.39, 0.29) is 30.6 Å². The van der Waals surface area contributed by atoms with Crippen molar-refractivity contribution in [2.75, 3.05) is 13.7 Å². The van der Waals surface area contributed by atoms with Gasteiger partial charge in [0.2, 0.25) is 5.91 Å². The topological polar surface area (TPSA) is 81.5 Å². The van der Waals surface area contributed by atoms with Gasteiger partial charge in [-0.05, 0) is 25.3 Å². The van der Waals surface area contributed by atoms with Crippen molar-refractivity contribution >= 4 is 44.8 Å². The number of methoxy groups -OCH3 is 1. The summed E-state index contributed by atoms with van der Waals surface area (Å²) in [5, 5.41) is 4.38. The number of aromatic nitrogens is 2. The Morgan fingerprint density at radius 3 is 2.74 bits per heavy atom. The third kappa shape index (κ3) is 3.93. The van der Waals surface area contributed by atoms with Crippen LogP contribution in [0.2, 0.25) is 0 Å². The first-order chi connectivity index (χ1) is 12.9. The molecule has 0 N–H and O–H groups in total. The van der Waals surface area contributed by atoms with Crippen molar-refractivity contribution in [1.29, 1.82) is 0 Å². The highest BCUT2D eigenvalue weighted by atomic mass is 32.1. The molecule has 142 valence electrons. The van der Waals surface area contributed by atoms with Gasteiger partial charge in [-0.15, -0.1) is 22.7 Å². The third-order valence-corrected chi connectivity index (χ3v) is 5.91. The number of rotatable bonds is 6. The van der Waals surface area contributed by atoms with Gasteiger partial charge in [0, 0.05) is 21.9 Å². The molecule has 0 unspecified atom stereocenters. The first-order valence-electron chi connectivity index (χ1n) is 8.29. The highest BCUT2D eigenvalue weighted by molar-refractivity contribution is 7.18. The van der Waals surface area contributed by atoms with Gasteiger partial charge in [-0.1, -0.05) is 6.07 Å². The minimum atomic E-state index is -0.504. The first kappa shape index (κ1) is 19.2. The molecule has 0 aliphatic heterocycles. The van der Waals surface area contributed by atoms with Crippen molar-refractivity contribution in [3.63, 3.8) is 0 Å². The molecule has 7 nitrogen and oxygen atoms in total. The van der Waals surface area contributed by atoms with Gasteiger partial charge in [0.1, 0.15) is 17.9 Å². The molecular formula is C18H19N3O4S2. The van der Waals surface area contributed by atoms with Gasteiger partial charge in [-0.3, -0.25) is 19.0 Å². The zero-order valence-electron chi connectivity index (χ0n) is 15.2. The van der Waals surface area contributed by atoms with E-state index < -0.39 is 5.97 Å². The number of amides is 1. The van der Waals surface area contributed by atoms with Gasteiger partial charge in [-0.2, -0.15) is 0 Å². The van der Waals surface area contributed by atoms with Gasteiger partial charge in [-0.25, -0.2) is 4.98 Å². The molecule has 1 amide bonds. The molecule has 0 aliphatic rings. The molecule has 9 heteroatoms. The molecule has 3 rings (SSSR count). The quantitative estimate of drug-likeness (QED) is 0.589. The van der Waals surface area contributed by atoms with E-state index >= 15 is 0 Å². The van der Waals surface area contributed by atoms with E-state index in [9.17, 15) is 14.4 Å². The Labute approximate surface area is 163 Å². The lowest BCUT2D eigenvalue weighted by Crippen LogP contribution is -2.43. The summed E-state index contributed by atoms with van der Waals surface area (Å²) < 4.78 is 5.94. The minimum absolute atomic E-state index is 0.156. The summed E-state index contributed by atoms with van der Waals surface area (Å²) in [7, 11) is 1.27. The standard InChI is InChI=1S/C18H19N3O4S2/c1-11(2)21(8-15(23)25-3)14(22)7-20-10-19-17-16(18(20)24)12(9-27-17)13-5-4-6-26-13/h4-6,9-11H,7-8H2,1-3H3. The van der Waals surface area contributed by atoms with Gasteiger partial charge in [0.05, 0.1) is 18.8 Å². The summed E-state index contributed by atoms with van der Waals surface area (Å²) in [4.78, 5) is 44.6. The molecule has 0 aromatic carbocycles. The van der Waals surface area contributed by atoms with E-state index in [4.69, 9.17) is 0 Å². The van der Waals surface area contributed by atoms with Crippen molar-refractivity contribution < 1.29 is 14.3 Å². The molecule has 0 aliphatic carbocycles. The molecule has 0 saturated carbocycles. The fourth-order valence-corrected chi connectivity index (χ4v) is 4.41. The second kappa shape index (κ2) is 8.01. The van der Waals surface area contributed by atoms with Crippen LogP contribution in [0.1, 0.15) is 13.8 Å². The SMILES string of the molecule is COC(=O)CN(C(=O)Cn1cnc2scc(-c3cccs3)c2c1=O)C(C)C. The second-order valence-electron chi connectivity index (χ2n) is 6.18. The Morgan fingerprint density at radius 1 is 1.33 bits per heavy atom. The summed E-state index contributed by atoms with van der Waals surface area (Å²) in [6, 6.07) is 3.67. The average Bonchev–Trinajstić information content (AvgIpc) is 3.30. The van der Waals surface area contributed by atoms with Crippen LogP contribution in [0.3, 0.4) is 0 Å². The molecule has 27 heavy (non-hydrogen) atoms. The fraction of sp³-hybridized carbons (Fsp3) is 0.333. The van der Waals surface area contributed by atoms with E-state index in [1.807, 2.05) is 22.9 Å². The van der Waals surface area contributed by atoms with E-state index in [0.29, 0.717) is 10.2 Å². The number of hydrogen-bond donors (Lipinski definition) is 0. The Morgan fingerprint density at radius 2 is 2.11 bits per heavy atom. The maximum absolute atomic E-state index is 13.0. The molecule has 0 radical (unpaired) electrons. The average molecular weight is 406 g/mol. The van der Waals surface area contributed by atoms with E-state index in [2.05, 4.69) is 9.72 Å². The lowest BCUT2D eigenvalue weighted by Gasteiger charge is -2.25. The lowest BCUT2D eigenvalue weighted by atomic mass is 10.2. The third-order valence-electron chi connectivity index (χ3n) is 4.12. The second-order valence-corrected chi connectivity index (χ2v) is 7.98. The Kier molecular flexibility index (Phi) is 5.71. The van der Waals surface area contributed by atoms with Crippen LogP contribution in [0.5, 0.6) is 0 Å². The Balaban J connectivity index is 1.94. The molecule has 0 spiro atoms. The zero-order valence-corrected chi connectivity index (χ0v) is 16.8. The summed E-state index contributed by atoms with van der Waals surface area (Å²) in [5.74, 6) is -0.845. The van der Waals surface area contributed by atoms with Gasteiger partial charge >= 0.3 is 5.97 Å². The summed E-state index contributed by atoms with van der Waals surface area (Å²) in [6.45, 7) is 3.27. The number of ether oxygens (including phenoxy) is 1. The molecule has 3 aromatic heterocycles. The molecule has 3 heterocycles. The highest BCUT2D eigenvalue weighted by Gasteiger charge is 2.22. The lowest BCUT2D eigenvalue weighted by molar-refractivity contribution is -0.148. The summed E-state index contributed by atoms with van der Waals surface area (Å²) in [5.41, 5.74) is 0.569. The number of fused-ring (bicyclic) bond motifs is 1.